The minimum atomic E-state index is -0.642. The Morgan fingerprint density at radius 3 is 2.23 bits per heavy atom. The van der Waals surface area contributed by atoms with E-state index in [4.69, 9.17) is 4.74 Å². The molecule has 0 saturated heterocycles. The van der Waals surface area contributed by atoms with Gasteiger partial charge in [-0.1, -0.05) is 44.2 Å². The maximum Gasteiger partial charge on any atom is 0.242 e. The lowest BCUT2D eigenvalue weighted by Crippen LogP contribution is -2.49. The zero-order valence-corrected chi connectivity index (χ0v) is 19.0. The molecule has 0 radical (unpaired) electrons. The third-order valence-corrected chi connectivity index (χ3v) is 5.50. The van der Waals surface area contributed by atoms with E-state index in [0.717, 1.165) is 28.2 Å². The van der Waals surface area contributed by atoms with Gasteiger partial charge >= 0.3 is 0 Å². The van der Waals surface area contributed by atoms with Crippen molar-refractivity contribution >= 4 is 24.4 Å². The molecule has 0 saturated carbocycles. The van der Waals surface area contributed by atoms with Crippen LogP contribution in [-0.4, -0.2) is 32.0 Å². The second-order valence-corrected chi connectivity index (χ2v) is 8.37. The summed E-state index contributed by atoms with van der Waals surface area (Å²) < 4.78 is 5.19. The number of carbonyl (C=O) groups is 2. The molecular weight excluding hydrogens is 396 g/mol. The number of likely N-dealkylation sites (N-methyl/N-ethyl adjacent to an activating group) is 1. The second kappa shape index (κ2) is 11.6. The predicted molar refractivity (Wildman–Crippen MR) is 123 cm³/mol. The van der Waals surface area contributed by atoms with Crippen molar-refractivity contribution in [1.29, 1.82) is 0 Å². The number of amides is 2. The minimum Gasteiger partial charge on any atom is -0.497 e. The fraction of sp³-hybridized carbons (Fsp3) is 0.417. The van der Waals surface area contributed by atoms with Gasteiger partial charge in [-0.25, -0.2) is 0 Å². The molecule has 0 spiro atoms. The Bertz CT molecular complexity index is 837. The first-order chi connectivity index (χ1) is 14.3. The van der Waals surface area contributed by atoms with Crippen molar-refractivity contribution in [2.24, 2.45) is 11.8 Å². The molecule has 0 heterocycles. The standard InChI is InChI=1S/C24H32N2O3S/c1-16(2)13-19(15-18-7-5-6-8-22(18)30)23(27)26-21(24(28)25-3)14-17-9-11-20(29-4)12-10-17/h5-12,16,19,21,30H,13-15H2,1-4H3,(H,25,28)(H,26,27)/t19-,21+/m1/s1. The molecule has 5 nitrogen and oxygen atoms in total. The van der Waals surface area contributed by atoms with Crippen LogP contribution in [0.5, 0.6) is 5.75 Å². The van der Waals surface area contributed by atoms with Crippen LogP contribution in [0, 0.1) is 11.8 Å². The normalized spacial score (nSPS) is 12.9. The molecule has 2 aromatic rings. The van der Waals surface area contributed by atoms with Gasteiger partial charge in [0.1, 0.15) is 11.8 Å². The van der Waals surface area contributed by atoms with Crippen LogP contribution in [0.15, 0.2) is 53.4 Å². The molecule has 2 amide bonds. The van der Waals surface area contributed by atoms with Gasteiger partial charge < -0.3 is 15.4 Å². The lowest BCUT2D eigenvalue weighted by molar-refractivity contribution is -0.131. The summed E-state index contributed by atoms with van der Waals surface area (Å²) >= 11 is 4.53. The average molecular weight is 429 g/mol. The largest absolute Gasteiger partial charge is 0.497 e. The first-order valence-electron chi connectivity index (χ1n) is 10.3. The number of rotatable bonds is 10. The van der Waals surface area contributed by atoms with E-state index in [2.05, 4.69) is 37.1 Å². The molecule has 0 unspecified atom stereocenters. The number of hydrogen-bond donors (Lipinski definition) is 3. The van der Waals surface area contributed by atoms with Crippen molar-refractivity contribution in [3.05, 3.63) is 59.7 Å². The van der Waals surface area contributed by atoms with Crippen LogP contribution in [0.4, 0.5) is 0 Å². The maximum absolute atomic E-state index is 13.2. The number of benzene rings is 2. The smallest absolute Gasteiger partial charge is 0.242 e. The van der Waals surface area contributed by atoms with Gasteiger partial charge in [-0.2, -0.15) is 0 Å². The lowest BCUT2D eigenvalue weighted by Gasteiger charge is -2.23. The van der Waals surface area contributed by atoms with Gasteiger partial charge in [0.25, 0.3) is 0 Å². The fourth-order valence-electron chi connectivity index (χ4n) is 3.47. The molecule has 6 heteroatoms. The van der Waals surface area contributed by atoms with Crippen LogP contribution >= 0.6 is 12.6 Å². The average Bonchev–Trinajstić information content (AvgIpc) is 2.73. The highest BCUT2D eigenvalue weighted by Crippen LogP contribution is 2.22. The quantitative estimate of drug-likeness (QED) is 0.506. The third kappa shape index (κ3) is 7.10. The van der Waals surface area contributed by atoms with Gasteiger partial charge in [0.15, 0.2) is 0 Å². The van der Waals surface area contributed by atoms with Gasteiger partial charge in [0.05, 0.1) is 7.11 Å². The Balaban J connectivity index is 2.16. The number of thiol groups is 1. The molecule has 0 bridgehead atoms. The number of nitrogens with one attached hydrogen (secondary N) is 2. The Hall–Kier alpha value is -2.47. The molecule has 0 aliphatic carbocycles. The van der Waals surface area contributed by atoms with Gasteiger partial charge in [0.2, 0.25) is 11.8 Å². The Morgan fingerprint density at radius 1 is 1.00 bits per heavy atom. The van der Waals surface area contributed by atoms with Crippen LogP contribution in [-0.2, 0) is 22.4 Å². The van der Waals surface area contributed by atoms with Crippen molar-refractivity contribution in [2.45, 2.75) is 44.0 Å². The topological polar surface area (TPSA) is 67.4 Å². The predicted octanol–water partition coefficient (Wildman–Crippen LogP) is 3.66. The summed E-state index contributed by atoms with van der Waals surface area (Å²) in [5.41, 5.74) is 1.99. The third-order valence-electron chi connectivity index (χ3n) is 5.06. The first-order valence-corrected chi connectivity index (χ1v) is 10.7. The summed E-state index contributed by atoms with van der Waals surface area (Å²) in [5, 5.41) is 5.64. The molecule has 2 aromatic carbocycles. The van der Waals surface area contributed by atoms with E-state index in [1.165, 1.54) is 0 Å². The van der Waals surface area contributed by atoms with E-state index >= 15 is 0 Å². The Labute approximate surface area is 185 Å². The zero-order chi connectivity index (χ0) is 22.1. The fourth-order valence-corrected chi connectivity index (χ4v) is 3.72. The highest BCUT2D eigenvalue weighted by molar-refractivity contribution is 7.80. The lowest BCUT2D eigenvalue weighted by atomic mass is 9.89. The van der Waals surface area contributed by atoms with Crippen molar-refractivity contribution in [3.8, 4) is 5.75 Å². The Morgan fingerprint density at radius 2 is 1.67 bits per heavy atom. The molecule has 0 aliphatic rings. The summed E-state index contributed by atoms with van der Waals surface area (Å²) in [7, 11) is 3.19. The van der Waals surface area contributed by atoms with Crippen molar-refractivity contribution in [3.63, 3.8) is 0 Å². The van der Waals surface area contributed by atoms with Crippen LogP contribution in [0.1, 0.15) is 31.4 Å². The van der Waals surface area contributed by atoms with Crippen LogP contribution in [0.2, 0.25) is 0 Å². The van der Waals surface area contributed by atoms with E-state index in [-0.39, 0.29) is 17.7 Å². The van der Waals surface area contributed by atoms with Gasteiger partial charge in [0, 0.05) is 24.3 Å². The van der Waals surface area contributed by atoms with Gasteiger partial charge in [-0.15, -0.1) is 12.6 Å². The number of ether oxygens (including phenoxy) is 1. The van der Waals surface area contributed by atoms with Crippen LogP contribution in [0.25, 0.3) is 0 Å². The van der Waals surface area contributed by atoms with Crippen molar-refractivity contribution in [2.75, 3.05) is 14.2 Å². The summed E-state index contributed by atoms with van der Waals surface area (Å²) in [6.45, 7) is 4.20. The van der Waals surface area contributed by atoms with E-state index < -0.39 is 6.04 Å². The minimum absolute atomic E-state index is 0.109. The van der Waals surface area contributed by atoms with Crippen LogP contribution < -0.4 is 15.4 Å². The zero-order valence-electron chi connectivity index (χ0n) is 18.1. The molecule has 2 N–H and O–H groups in total. The van der Waals surface area contributed by atoms with Crippen LogP contribution in [0.3, 0.4) is 0 Å². The Kier molecular flexibility index (Phi) is 9.24. The SMILES string of the molecule is CNC(=O)[C@H](Cc1ccc(OC)cc1)NC(=O)[C@@H](Cc1ccccc1S)CC(C)C. The van der Waals surface area contributed by atoms with Gasteiger partial charge in [-0.05, 0) is 48.1 Å². The molecule has 162 valence electrons. The molecular formula is C24H32N2O3S. The highest BCUT2D eigenvalue weighted by Gasteiger charge is 2.26. The van der Waals surface area contributed by atoms with E-state index in [1.807, 2.05) is 48.5 Å². The number of methoxy groups -OCH3 is 1. The maximum atomic E-state index is 13.2. The first kappa shape index (κ1) is 23.8. The summed E-state index contributed by atoms with van der Waals surface area (Å²) in [5.74, 6) is 0.551. The molecule has 0 aromatic heterocycles. The molecule has 0 fully saturated rings. The van der Waals surface area contributed by atoms with E-state index in [1.54, 1.807) is 14.2 Å². The summed E-state index contributed by atoms with van der Waals surface area (Å²) in [6.07, 6.45) is 1.73. The molecule has 0 aliphatic heterocycles. The molecule has 30 heavy (non-hydrogen) atoms. The number of hydrogen-bond acceptors (Lipinski definition) is 4. The summed E-state index contributed by atoms with van der Waals surface area (Å²) in [4.78, 5) is 26.5. The van der Waals surface area contributed by atoms with E-state index in [9.17, 15) is 9.59 Å². The van der Waals surface area contributed by atoms with Crippen molar-refractivity contribution in [1.82, 2.24) is 10.6 Å². The number of carbonyl (C=O) groups excluding carboxylic acids is 2. The molecule has 2 atom stereocenters. The van der Waals surface area contributed by atoms with Crippen molar-refractivity contribution < 1.29 is 14.3 Å². The highest BCUT2D eigenvalue weighted by atomic mass is 32.1. The summed E-state index contributed by atoms with van der Waals surface area (Å²) in [6, 6.07) is 14.7. The monoisotopic (exact) mass is 428 g/mol. The van der Waals surface area contributed by atoms with Gasteiger partial charge in [-0.3, -0.25) is 9.59 Å². The van der Waals surface area contributed by atoms with E-state index in [0.29, 0.717) is 18.8 Å². The molecule has 2 rings (SSSR count). The second-order valence-electron chi connectivity index (χ2n) is 7.89.